The van der Waals surface area contributed by atoms with Crippen LogP contribution in [0, 0.1) is 0 Å². The van der Waals surface area contributed by atoms with Crippen LogP contribution in [0.1, 0.15) is 12.8 Å². The van der Waals surface area contributed by atoms with Crippen molar-refractivity contribution in [2.75, 3.05) is 30.0 Å². The zero-order valence-electron chi connectivity index (χ0n) is 10.7. The van der Waals surface area contributed by atoms with Gasteiger partial charge in [-0.1, -0.05) is 0 Å². The van der Waals surface area contributed by atoms with Crippen LogP contribution in [0.15, 0.2) is 12.3 Å². The van der Waals surface area contributed by atoms with E-state index < -0.39 is 10.0 Å². The molecule has 0 spiro atoms. The fourth-order valence-electron chi connectivity index (χ4n) is 1.51. The second-order valence-electron chi connectivity index (χ2n) is 4.59. The van der Waals surface area contributed by atoms with E-state index in [1.165, 1.54) is 0 Å². The summed E-state index contributed by atoms with van der Waals surface area (Å²) < 4.78 is 30.8. The van der Waals surface area contributed by atoms with Crippen LogP contribution in [-0.2, 0) is 10.0 Å². The number of nitrogens with zero attached hydrogens (tertiary/aromatic N) is 2. The van der Waals surface area contributed by atoms with Gasteiger partial charge in [0.05, 0.1) is 18.0 Å². The lowest BCUT2D eigenvalue weighted by Gasteiger charge is -2.19. The van der Waals surface area contributed by atoms with Crippen LogP contribution < -0.4 is 14.4 Å². The third kappa shape index (κ3) is 3.25. The molecule has 1 aromatic heterocycles. The molecule has 1 aromatic rings. The van der Waals surface area contributed by atoms with Gasteiger partial charge in [-0.3, -0.25) is 4.72 Å². The monoisotopic (exact) mass is 271 g/mol. The Bertz CT molecular complexity index is 538. The van der Waals surface area contributed by atoms with Crippen LogP contribution in [0.3, 0.4) is 0 Å². The van der Waals surface area contributed by atoms with Gasteiger partial charge in [-0.2, -0.15) is 0 Å². The van der Waals surface area contributed by atoms with Gasteiger partial charge < -0.3 is 9.64 Å². The molecule has 0 amide bonds. The summed E-state index contributed by atoms with van der Waals surface area (Å²) in [5.41, 5.74) is 0.808. The Morgan fingerprint density at radius 1 is 1.44 bits per heavy atom. The lowest BCUT2D eigenvalue weighted by Crippen LogP contribution is -2.16. The van der Waals surface area contributed by atoms with E-state index in [0.717, 1.165) is 24.8 Å². The highest BCUT2D eigenvalue weighted by Gasteiger charge is 2.27. The molecule has 6 nitrogen and oxygen atoms in total. The van der Waals surface area contributed by atoms with Gasteiger partial charge in [0.2, 0.25) is 10.0 Å². The topological polar surface area (TPSA) is 71.5 Å². The Balaban J connectivity index is 2.39. The van der Waals surface area contributed by atoms with Gasteiger partial charge in [-0.15, -0.1) is 0 Å². The van der Waals surface area contributed by atoms with Crippen molar-refractivity contribution >= 4 is 21.5 Å². The van der Waals surface area contributed by atoms with Gasteiger partial charge in [0.15, 0.2) is 11.6 Å². The molecule has 1 heterocycles. The molecule has 0 atom stereocenters. The average molecular weight is 271 g/mol. The number of pyridine rings is 1. The largest absolute Gasteiger partial charge is 0.484 e. The Kier molecular flexibility index (Phi) is 3.34. The Hall–Kier alpha value is -1.50. The summed E-state index contributed by atoms with van der Waals surface area (Å²) in [5, 5.41) is 0. The maximum Gasteiger partial charge on any atom is 0.231 e. The molecule has 0 aliphatic heterocycles. The van der Waals surface area contributed by atoms with Gasteiger partial charge >= 0.3 is 0 Å². The summed E-state index contributed by atoms with van der Waals surface area (Å²) in [5.74, 6) is 0.742. The predicted octanol–water partition coefficient (Wildman–Crippen LogP) is 1.06. The molecule has 0 unspecified atom stereocenters. The van der Waals surface area contributed by atoms with Gasteiger partial charge in [-0.05, 0) is 18.9 Å². The zero-order chi connectivity index (χ0) is 13.3. The van der Waals surface area contributed by atoms with Crippen molar-refractivity contribution in [2.24, 2.45) is 0 Å². The van der Waals surface area contributed by atoms with Crippen LogP contribution >= 0.6 is 0 Å². The number of sulfonamides is 1. The molecule has 7 heteroatoms. The van der Waals surface area contributed by atoms with Crippen LogP contribution in [0.5, 0.6) is 5.75 Å². The van der Waals surface area contributed by atoms with E-state index in [9.17, 15) is 8.42 Å². The van der Waals surface area contributed by atoms with Crippen molar-refractivity contribution in [1.82, 2.24) is 4.98 Å². The third-order valence-electron chi connectivity index (χ3n) is 2.46. The third-order valence-corrected chi connectivity index (χ3v) is 3.02. The quantitative estimate of drug-likeness (QED) is 0.867. The minimum Gasteiger partial charge on any atom is -0.484 e. The van der Waals surface area contributed by atoms with E-state index in [2.05, 4.69) is 9.71 Å². The zero-order valence-corrected chi connectivity index (χ0v) is 11.5. The van der Waals surface area contributed by atoms with E-state index in [0.29, 0.717) is 5.75 Å². The van der Waals surface area contributed by atoms with Gasteiger partial charge in [0, 0.05) is 20.3 Å². The number of hydrogen-bond donors (Lipinski definition) is 1. The summed E-state index contributed by atoms with van der Waals surface area (Å²) in [6.45, 7) is 0. The fourth-order valence-corrected chi connectivity index (χ4v) is 2.00. The lowest BCUT2D eigenvalue weighted by atomic mass is 10.3. The molecule has 0 radical (unpaired) electrons. The number of ether oxygens (including phenoxy) is 1. The Morgan fingerprint density at radius 2 is 2.11 bits per heavy atom. The summed E-state index contributed by atoms with van der Waals surface area (Å²) >= 11 is 0. The van der Waals surface area contributed by atoms with Gasteiger partial charge in [-0.25, -0.2) is 13.4 Å². The Labute approximate surface area is 107 Å². The first-order valence-corrected chi connectivity index (χ1v) is 7.57. The van der Waals surface area contributed by atoms with E-state index in [1.54, 1.807) is 12.3 Å². The first-order chi connectivity index (χ1) is 8.37. The van der Waals surface area contributed by atoms with Crippen molar-refractivity contribution in [3.63, 3.8) is 0 Å². The number of anilines is 2. The molecular weight excluding hydrogens is 254 g/mol. The molecule has 1 fully saturated rings. The van der Waals surface area contributed by atoms with Crippen molar-refractivity contribution < 1.29 is 13.2 Å². The maximum atomic E-state index is 11.3. The Morgan fingerprint density at radius 3 is 2.61 bits per heavy atom. The number of nitrogens with one attached hydrogen (secondary N) is 1. The van der Waals surface area contributed by atoms with E-state index in [1.807, 2.05) is 19.0 Å². The first kappa shape index (κ1) is 12.9. The minimum absolute atomic E-state index is 0.174. The highest BCUT2D eigenvalue weighted by Crippen LogP contribution is 2.38. The molecule has 0 aromatic carbocycles. The number of hydrogen-bond acceptors (Lipinski definition) is 5. The van der Waals surface area contributed by atoms with E-state index in [-0.39, 0.29) is 11.9 Å². The first-order valence-electron chi connectivity index (χ1n) is 5.67. The van der Waals surface area contributed by atoms with Crippen molar-refractivity contribution in [3.8, 4) is 5.75 Å². The molecule has 2 rings (SSSR count). The number of aromatic nitrogens is 1. The summed E-state index contributed by atoms with van der Waals surface area (Å²) in [7, 11) is 0.380. The lowest BCUT2D eigenvalue weighted by molar-refractivity contribution is 0.304. The highest BCUT2D eigenvalue weighted by atomic mass is 32.2. The van der Waals surface area contributed by atoms with Crippen molar-refractivity contribution in [1.29, 1.82) is 0 Å². The molecular formula is C11H17N3O3S. The van der Waals surface area contributed by atoms with Crippen LogP contribution in [0.4, 0.5) is 11.5 Å². The summed E-state index contributed by atoms with van der Waals surface area (Å²) in [6.07, 6.45) is 4.83. The fraction of sp³-hybridized carbons (Fsp3) is 0.545. The van der Waals surface area contributed by atoms with Crippen LogP contribution in [0.2, 0.25) is 0 Å². The molecule has 1 N–H and O–H groups in total. The predicted molar refractivity (Wildman–Crippen MR) is 70.7 cm³/mol. The van der Waals surface area contributed by atoms with Gasteiger partial charge in [0.25, 0.3) is 0 Å². The van der Waals surface area contributed by atoms with E-state index in [4.69, 9.17) is 4.74 Å². The standard InChI is InChI=1S/C11H17N3O3S/c1-14(2)9-6-7-12-11(13-18(3,15)16)10(9)17-8-4-5-8/h6-8H,4-5H2,1-3H3,(H,12,13). The van der Waals surface area contributed by atoms with Crippen molar-refractivity contribution in [2.45, 2.75) is 18.9 Å². The second kappa shape index (κ2) is 4.64. The highest BCUT2D eigenvalue weighted by molar-refractivity contribution is 7.92. The maximum absolute atomic E-state index is 11.3. The normalized spacial score (nSPS) is 15.3. The molecule has 1 saturated carbocycles. The van der Waals surface area contributed by atoms with Gasteiger partial charge in [0.1, 0.15) is 0 Å². The summed E-state index contributed by atoms with van der Waals surface area (Å²) in [6, 6.07) is 1.80. The molecule has 0 bridgehead atoms. The minimum atomic E-state index is -3.37. The molecule has 18 heavy (non-hydrogen) atoms. The molecule has 1 aliphatic rings. The summed E-state index contributed by atoms with van der Waals surface area (Å²) in [4.78, 5) is 5.91. The smallest absolute Gasteiger partial charge is 0.231 e. The number of rotatable bonds is 5. The molecule has 1 aliphatic carbocycles. The second-order valence-corrected chi connectivity index (χ2v) is 6.34. The van der Waals surface area contributed by atoms with E-state index >= 15 is 0 Å². The van der Waals surface area contributed by atoms with Crippen molar-refractivity contribution in [3.05, 3.63) is 12.3 Å². The molecule has 0 saturated heterocycles. The SMILES string of the molecule is CN(C)c1ccnc(NS(C)(=O)=O)c1OC1CC1. The van der Waals surface area contributed by atoms with Crippen LogP contribution in [-0.4, -0.2) is 39.9 Å². The average Bonchev–Trinajstić information content (AvgIpc) is 3.01. The van der Waals surface area contributed by atoms with Crippen LogP contribution in [0.25, 0.3) is 0 Å². The molecule has 100 valence electrons.